The summed E-state index contributed by atoms with van der Waals surface area (Å²) in [4.78, 5) is 12.5. The van der Waals surface area contributed by atoms with Crippen molar-refractivity contribution in [1.29, 1.82) is 0 Å². The molecule has 0 aromatic heterocycles. The Balaban J connectivity index is 1.76. The normalized spacial score (nSPS) is 10.8. The van der Waals surface area contributed by atoms with Crippen molar-refractivity contribution in [3.63, 3.8) is 0 Å². The molecule has 10 heteroatoms. The number of hydrogen-bond acceptors (Lipinski definition) is 5. The van der Waals surface area contributed by atoms with Crippen LogP contribution in [0.15, 0.2) is 62.6 Å². The fraction of sp³-hybridized carbons (Fsp3) is 0.130. The molecule has 0 saturated carbocycles. The number of carbonyl (C=O) groups is 1. The van der Waals surface area contributed by atoms with E-state index < -0.39 is 5.91 Å². The van der Waals surface area contributed by atoms with Gasteiger partial charge in [0.2, 0.25) is 0 Å². The SMILES string of the molecule is COc1ccc(C(=O)N/N=C/c2cc(Br)cc(Br)c2OCc2ccc(Cl)cc2Cl)cc1OC. The number of halogens is 4. The van der Waals surface area contributed by atoms with Crippen LogP contribution in [0.5, 0.6) is 17.2 Å². The molecule has 0 aliphatic heterocycles. The maximum Gasteiger partial charge on any atom is 0.271 e. The minimum absolute atomic E-state index is 0.217. The van der Waals surface area contributed by atoms with E-state index in [1.807, 2.05) is 12.1 Å². The zero-order chi connectivity index (χ0) is 24.0. The lowest BCUT2D eigenvalue weighted by Crippen LogP contribution is -2.17. The molecule has 0 heterocycles. The molecule has 0 atom stereocenters. The molecule has 33 heavy (non-hydrogen) atoms. The van der Waals surface area contributed by atoms with Crippen molar-refractivity contribution < 1.29 is 19.0 Å². The quantitative estimate of drug-likeness (QED) is 0.221. The number of hydrogen-bond donors (Lipinski definition) is 1. The van der Waals surface area contributed by atoms with Crippen LogP contribution in [0, 0.1) is 0 Å². The van der Waals surface area contributed by atoms with Gasteiger partial charge in [0.05, 0.1) is 24.9 Å². The number of methoxy groups -OCH3 is 2. The zero-order valence-electron chi connectivity index (χ0n) is 17.5. The molecule has 6 nitrogen and oxygen atoms in total. The van der Waals surface area contributed by atoms with Crippen molar-refractivity contribution in [3.05, 3.63) is 84.2 Å². The van der Waals surface area contributed by atoms with Gasteiger partial charge >= 0.3 is 0 Å². The van der Waals surface area contributed by atoms with Crippen LogP contribution >= 0.6 is 55.1 Å². The fourth-order valence-corrected chi connectivity index (χ4v) is 4.66. The van der Waals surface area contributed by atoms with E-state index in [1.54, 1.807) is 36.4 Å². The Morgan fingerprint density at radius 1 is 1.03 bits per heavy atom. The molecule has 0 aliphatic rings. The number of nitrogens with one attached hydrogen (secondary N) is 1. The number of amides is 1. The third kappa shape index (κ3) is 6.63. The lowest BCUT2D eigenvalue weighted by atomic mass is 10.2. The Bertz CT molecular complexity index is 1210. The fourth-order valence-electron chi connectivity index (χ4n) is 2.82. The minimum atomic E-state index is -0.406. The molecule has 1 N–H and O–H groups in total. The highest BCUT2D eigenvalue weighted by molar-refractivity contribution is 9.11. The van der Waals surface area contributed by atoms with Crippen LogP contribution in [0.25, 0.3) is 0 Å². The van der Waals surface area contributed by atoms with E-state index in [4.69, 9.17) is 37.4 Å². The topological polar surface area (TPSA) is 69.2 Å². The second kappa shape index (κ2) is 11.7. The molecule has 1 amide bonds. The maximum atomic E-state index is 12.5. The van der Waals surface area contributed by atoms with E-state index in [2.05, 4.69) is 42.4 Å². The van der Waals surface area contributed by atoms with Crippen LogP contribution in [0.1, 0.15) is 21.5 Å². The second-order valence-corrected chi connectivity index (χ2v) is 9.21. The van der Waals surface area contributed by atoms with Gasteiger partial charge in [-0.2, -0.15) is 5.10 Å². The number of benzene rings is 3. The average molecular weight is 617 g/mol. The van der Waals surface area contributed by atoms with Crippen molar-refractivity contribution >= 4 is 67.2 Å². The Morgan fingerprint density at radius 2 is 1.79 bits per heavy atom. The molecular formula is C23H18Br2Cl2N2O4. The molecular weight excluding hydrogens is 599 g/mol. The number of ether oxygens (including phenoxy) is 3. The predicted octanol–water partition coefficient (Wildman–Crippen LogP) is 6.88. The van der Waals surface area contributed by atoms with Gasteiger partial charge in [0.1, 0.15) is 12.4 Å². The summed E-state index contributed by atoms with van der Waals surface area (Å²) in [5.41, 5.74) is 4.28. The lowest BCUT2D eigenvalue weighted by molar-refractivity contribution is 0.0954. The predicted molar refractivity (Wildman–Crippen MR) is 137 cm³/mol. The molecule has 0 unspecified atom stereocenters. The highest BCUT2D eigenvalue weighted by Crippen LogP contribution is 2.33. The molecule has 0 aliphatic carbocycles. The van der Waals surface area contributed by atoms with Crippen molar-refractivity contribution in [2.24, 2.45) is 5.10 Å². The Morgan fingerprint density at radius 3 is 2.48 bits per heavy atom. The van der Waals surface area contributed by atoms with Crippen LogP contribution in [0.2, 0.25) is 10.0 Å². The maximum absolute atomic E-state index is 12.5. The lowest BCUT2D eigenvalue weighted by Gasteiger charge is -2.13. The van der Waals surface area contributed by atoms with E-state index in [9.17, 15) is 4.79 Å². The van der Waals surface area contributed by atoms with Gasteiger partial charge in [-0.05, 0) is 58.4 Å². The number of hydrazone groups is 1. The van der Waals surface area contributed by atoms with Crippen LogP contribution < -0.4 is 19.6 Å². The summed E-state index contributed by atoms with van der Waals surface area (Å²) >= 11 is 19.2. The van der Waals surface area contributed by atoms with Gasteiger partial charge < -0.3 is 14.2 Å². The van der Waals surface area contributed by atoms with E-state index in [1.165, 1.54) is 20.4 Å². The van der Waals surface area contributed by atoms with E-state index >= 15 is 0 Å². The highest BCUT2D eigenvalue weighted by atomic mass is 79.9. The molecule has 3 aromatic rings. The largest absolute Gasteiger partial charge is 0.493 e. The first-order chi connectivity index (χ1) is 15.8. The van der Waals surface area contributed by atoms with Gasteiger partial charge in [0.25, 0.3) is 5.91 Å². The minimum Gasteiger partial charge on any atom is -0.493 e. The molecule has 0 fully saturated rings. The Labute approximate surface area is 218 Å². The van der Waals surface area contributed by atoms with Crippen molar-refractivity contribution in [3.8, 4) is 17.2 Å². The first-order valence-corrected chi connectivity index (χ1v) is 11.8. The monoisotopic (exact) mass is 614 g/mol. The summed E-state index contributed by atoms with van der Waals surface area (Å²) in [6, 6.07) is 13.7. The van der Waals surface area contributed by atoms with E-state index in [0.29, 0.717) is 42.9 Å². The first-order valence-electron chi connectivity index (χ1n) is 9.43. The second-order valence-electron chi connectivity index (χ2n) is 6.60. The number of nitrogens with zero attached hydrogens (tertiary/aromatic N) is 1. The van der Waals surface area contributed by atoms with Crippen LogP contribution in [-0.4, -0.2) is 26.3 Å². The van der Waals surface area contributed by atoms with Gasteiger partial charge in [-0.15, -0.1) is 0 Å². The molecule has 0 bridgehead atoms. The molecule has 0 saturated heterocycles. The summed E-state index contributed by atoms with van der Waals surface area (Å²) in [5.74, 6) is 1.10. The van der Waals surface area contributed by atoms with Crippen molar-refractivity contribution in [1.82, 2.24) is 5.43 Å². The van der Waals surface area contributed by atoms with Gasteiger partial charge in [-0.25, -0.2) is 5.43 Å². The van der Waals surface area contributed by atoms with Crippen LogP contribution in [0.4, 0.5) is 0 Å². The third-order valence-electron chi connectivity index (χ3n) is 4.44. The van der Waals surface area contributed by atoms with Gasteiger partial charge in [0, 0.05) is 31.2 Å². The summed E-state index contributed by atoms with van der Waals surface area (Å²) in [6.07, 6.45) is 1.49. The average Bonchev–Trinajstić information content (AvgIpc) is 2.78. The van der Waals surface area contributed by atoms with E-state index in [0.717, 1.165) is 10.0 Å². The summed E-state index contributed by atoms with van der Waals surface area (Å²) in [7, 11) is 3.03. The number of rotatable bonds is 8. The van der Waals surface area contributed by atoms with Crippen LogP contribution in [-0.2, 0) is 6.61 Å². The summed E-state index contributed by atoms with van der Waals surface area (Å²) in [5, 5.41) is 5.14. The molecule has 0 radical (unpaired) electrons. The molecule has 3 rings (SSSR count). The summed E-state index contributed by atoms with van der Waals surface area (Å²) < 4.78 is 17.9. The third-order valence-corrected chi connectivity index (χ3v) is 6.07. The Hall–Kier alpha value is -2.26. The van der Waals surface area contributed by atoms with Gasteiger partial charge in [-0.1, -0.05) is 45.2 Å². The smallest absolute Gasteiger partial charge is 0.271 e. The molecule has 0 spiro atoms. The standard InChI is InChI=1S/C23H18Br2Cl2N2O4/c1-31-20-6-4-13(8-21(20)32-2)23(30)29-28-11-15-7-16(24)9-18(25)22(15)33-12-14-3-5-17(26)10-19(14)27/h3-11H,12H2,1-2H3,(H,29,30)/b28-11+. The van der Waals surface area contributed by atoms with Crippen molar-refractivity contribution in [2.45, 2.75) is 6.61 Å². The Kier molecular flexibility index (Phi) is 9.02. The molecule has 3 aromatic carbocycles. The highest BCUT2D eigenvalue weighted by Gasteiger charge is 2.13. The van der Waals surface area contributed by atoms with E-state index in [-0.39, 0.29) is 6.61 Å². The van der Waals surface area contributed by atoms with Gasteiger partial charge in [0.15, 0.2) is 11.5 Å². The van der Waals surface area contributed by atoms with Gasteiger partial charge in [-0.3, -0.25) is 4.79 Å². The number of carbonyl (C=O) groups excluding carboxylic acids is 1. The zero-order valence-corrected chi connectivity index (χ0v) is 22.2. The molecule has 172 valence electrons. The first kappa shape index (κ1) is 25.4. The summed E-state index contributed by atoms with van der Waals surface area (Å²) in [6.45, 7) is 0.217. The van der Waals surface area contributed by atoms with Crippen molar-refractivity contribution in [2.75, 3.05) is 14.2 Å². The van der Waals surface area contributed by atoms with Crippen LogP contribution in [0.3, 0.4) is 0 Å².